The Morgan fingerprint density at radius 2 is 1.84 bits per heavy atom. The van der Waals surface area contributed by atoms with Crippen molar-refractivity contribution in [3.63, 3.8) is 0 Å². The molecule has 1 heterocycles. The van der Waals surface area contributed by atoms with E-state index in [1.54, 1.807) is 0 Å². The Balaban J connectivity index is 0.00000312. The molecular formula is C11H13Cl2KN4O5S2. The van der Waals surface area contributed by atoms with Gasteiger partial charge in [0.05, 0.1) is 51.2 Å². The van der Waals surface area contributed by atoms with Gasteiger partial charge in [-0.1, -0.05) is 0 Å². The Hall–Kier alpha value is 0.576. The monoisotopic (exact) mass is 454 g/mol. The smallest absolute Gasteiger partial charge is 0.748 e. The average Bonchev–Trinajstić information content (AvgIpc) is 2.77. The summed E-state index contributed by atoms with van der Waals surface area (Å²) >= 11 is 12.4. The summed E-state index contributed by atoms with van der Waals surface area (Å²) in [5, 5.41) is 0.979. The van der Waals surface area contributed by atoms with Gasteiger partial charge in [-0.2, -0.15) is 5.10 Å². The van der Waals surface area contributed by atoms with Crippen LogP contribution in [0.1, 0.15) is 18.9 Å². The van der Waals surface area contributed by atoms with Gasteiger partial charge in [0, 0.05) is 0 Å². The molecular weight excluding hydrogens is 442 g/mol. The second-order valence-corrected chi connectivity index (χ2v) is 9.94. The number of nitrogens with zero attached hydrogens (tertiary/aromatic N) is 3. The molecule has 0 amide bonds. The molecule has 0 aliphatic heterocycles. The van der Waals surface area contributed by atoms with Crippen LogP contribution in [-0.2, 0) is 20.1 Å². The first kappa shape index (κ1) is 23.6. The predicted molar refractivity (Wildman–Crippen MR) is 88.0 cm³/mol. The molecule has 2 unspecified atom stereocenters. The van der Waals surface area contributed by atoms with Crippen molar-refractivity contribution in [1.82, 2.24) is 9.78 Å². The second-order valence-electron chi connectivity index (χ2n) is 5.42. The van der Waals surface area contributed by atoms with Crippen LogP contribution in [0.5, 0.6) is 0 Å². The van der Waals surface area contributed by atoms with Crippen LogP contribution >= 0.6 is 23.2 Å². The fourth-order valence-electron chi connectivity index (χ4n) is 2.58. The van der Waals surface area contributed by atoms with Crippen LogP contribution in [0.25, 0.3) is 4.85 Å². The fourth-order valence-corrected chi connectivity index (χ4v) is 5.30. The van der Waals surface area contributed by atoms with E-state index in [0.717, 1.165) is 17.1 Å². The molecule has 0 radical (unpaired) electrons. The third kappa shape index (κ3) is 5.77. The number of nitrogens with one attached hydrogen (secondary N) is 1. The molecule has 2 rings (SSSR count). The van der Waals surface area contributed by atoms with Crippen LogP contribution in [-0.4, -0.2) is 53.4 Å². The zero-order chi connectivity index (χ0) is 18.3. The van der Waals surface area contributed by atoms with E-state index in [1.807, 2.05) is 0 Å². The maximum absolute atomic E-state index is 11.5. The molecule has 1 aliphatic rings. The van der Waals surface area contributed by atoms with Gasteiger partial charge in [-0.15, -0.1) is 23.2 Å². The van der Waals surface area contributed by atoms with E-state index in [-0.39, 0.29) is 75.7 Å². The summed E-state index contributed by atoms with van der Waals surface area (Å²) in [6.45, 7) is 7.08. The van der Waals surface area contributed by atoms with Gasteiger partial charge in [-0.3, -0.25) is 9.40 Å². The molecule has 134 valence electrons. The molecule has 14 heteroatoms. The topological polar surface area (TPSA) is 126 Å². The molecule has 9 nitrogen and oxygen atoms in total. The van der Waals surface area contributed by atoms with Gasteiger partial charge in [0.25, 0.3) is 0 Å². The van der Waals surface area contributed by atoms with E-state index >= 15 is 0 Å². The van der Waals surface area contributed by atoms with Crippen LogP contribution in [0.2, 0.25) is 0 Å². The summed E-state index contributed by atoms with van der Waals surface area (Å²) in [4.78, 5) is 3.18. The Morgan fingerprint density at radius 3 is 2.24 bits per heavy atom. The van der Waals surface area contributed by atoms with E-state index in [4.69, 9.17) is 29.8 Å². The summed E-state index contributed by atoms with van der Waals surface area (Å²) < 4.78 is 60.0. The maximum Gasteiger partial charge on any atom is 1.00 e. The van der Waals surface area contributed by atoms with Crippen molar-refractivity contribution in [3.05, 3.63) is 17.6 Å². The minimum atomic E-state index is -4.54. The Labute approximate surface area is 198 Å². The summed E-state index contributed by atoms with van der Waals surface area (Å²) in [5.41, 5.74) is -0.0493. The van der Waals surface area contributed by atoms with Crippen molar-refractivity contribution in [2.24, 2.45) is 0 Å². The first-order valence-corrected chi connectivity index (χ1v) is 10.8. The van der Waals surface area contributed by atoms with E-state index < -0.39 is 42.2 Å². The van der Waals surface area contributed by atoms with Crippen LogP contribution in [0.3, 0.4) is 0 Å². The van der Waals surface area contributed by atoms with Crippen molar-refractivity contribution in [1.29, 1.82) is 0 Å². The number of aromatic nitrogens is 2. The molecule has 0 aromatic carbocycles. The third-order valence-electron chi connectivity index (χ3n) is 3.59. The summed E-state index contributed by atoms with van der Waals surface area (Å²) in [6, 6.07) is -0.786. The number of alkyl halides is 2. The van der Waals surface area contributed by atoms with Gasteiger partial charge < -0.3 is 4.55 Å². The van der Waals surface area contributed by atoms with Crippen molar-refractivity contribution in [2.75, 3.05) is 11.0 Å². The van der Waals surface area contributed by atoms with Crippen molar-refractivity contribution >= 4 is 54.8 Å². The number of hydrogen-bond donors (Lipinski definition) is 1. The number of sulfonamides is 1. The number of halogens is 2. The number of rotatable bonds is 4. The van der Waals surface area contributed by atoms with Gasteiger partial charge in [0.15, 0.2) is 0 Å². The predicted octanol–water partition coefficient (Wildman–Crippen LogP) is -1.73. The van der Waals surface area contributed by atoms with Gasteiger partial charge >= 0.3 is 51.4 Å². The molecule has 1 aromatic rings. The minimum Gasteiger partial charge on any atom is -0.748 e. The molecule has 2 atom stereocenters. The van der Waals surface area contributed by atoms with E-state index in [0.29, 0.717) is 0 Å². The molecule has 1 aliphatic carbocycles. The summed E-state index contributed by atoms with van der Waals surface area (Å²) in [6.07, 6.45) is 1.78. The molecule has 1 N–H and O–H groups in total. The van der Waals surface area contributed by atoms with Crippen LogP contribution in [0, 0.1) is 6.57 Å². The van der Waals surface area contributed by atoms with Gasteiger partial charge in [0.1, 0.15) is 5.82 Å². The van der Waals surface area contributed by atoms with E-state index in [9.17, 15) is 21.4 Å². The zero-order valence-corrected chi connectivity index (χ0v) is 19.5. The first-order chi connectivity index (χ1) is 10.9. The Morgan fingerprint density at radius 1 is 1.32 bits per heavy atom. The summed E-state index contributed by atoms with van der Waals surface area (Å²) in [7, 11) is -8.24. The first-order valence-electron chi connectivity index (χ1n) is 6.59. The minimum absolute atomic E-state index is 0. The molecule has 25 heavy (non-hydrogen) atoms. The number of hydrogen-bond acceptors (Lipinski definition) is 6. The second kappa shape index (κ2) is 8.72. The van der Waals surface area contributed by atoms with Crippen LogP contribution in [0.4, 0.5) is 11.5 Å². The molecule has 0 bridgehead atoms. The zero-order valence-electron chi connectivity index (χ0n) is 13.3. The average molecular weight is 455 g/mol. The van der Waals surface area contributed by atoms with E-state index in [1.165, 1.54) is 0 Å². The standard InChI is InChI=1S/C11H14Cl2N4O5S2.K/c1-14-9-5-15-17(11(9)16-23(2,18)19)10-7(12)3-6(4-8(10)13)24(20,21)22;/h5-8,10,16H,3-4H2,2H3,(H,20,21,22);/q;+1/p-1. The van der Waals surface area contributed by atoms with Gasteiger partial charge in [-0.05, 0) is 12.8 Å². The van der Waals surface area contributed by atoms with Crippen LogP contribution < -0.4 is 56.1 Å². The van der Waals surface area contributed by atoms with Gasteiger partial charge in [-0.25, -0.2) is 21.7 Å². The Kier molecular flexibility index (Phi) is 8.24. The summed E-state index contributed by atoms with van der Waals surface area (Å²) in [5.74, 6) is -0.0998. The normalized spacial score (nSPS) is 27.2. The van der Waals surface area contributed by atoms with Crippen molar-refractivity contribution < 1.29 is 72.8 Å². The largest absolute Gasteiger partial charge is 1.00 e. The fraction of sp³-hybridized carbons (Fsp3) is 0.636. The van der Waals surface area contributed by atoms with Crippen molar-refractivity contribution in [2.45, 2.75) is 34.9 Å². The van der Waals surface area contributed by atoms with Gasteiger partial charge in [0.2, 0.25) is 15.7 Å². The molecule has 1 saturated carbocycles. The Bertz CT molecular complexity index is 871. The molecule has 0 saturated heterocycles. The van der Waals surface area contributed by atoms with E-state index in [2.05, 4.69) is 14.7 Å². The van der Waals surface area contributed by atoms with Crippen LogP contribution in [0.15, 0.2) is 6.20 Å². The third-order valence-corrected chi connectivity index (χ3v) is 6.22. The SMILES string of the molecule is [C-]#[N+]c1cnn(C2C(Cl)CC(S(=O)(=O)[O-])CC2Cl)c1NS(C)(=O)=O.[K+]. The van der Waals surface area contributed by atoms with Crippen molar-refractivity contribution in [3.8, 4) is 0 Å². The maximum atomic E-state index is 11.5. The number of anilines is 1. The molecule has 0 spiro atoms. The molecule has 1 fully saturated rings. The quantitative estimate of drug-likeness (QED) is 0.249. The molecule has 1 aromatic heterocycles.